The monoisotopic (exact) mass is 394 g/mol. The Bertz CT molecular complexity index is 1170. The lowest BCUT2D eigenvalue weighted by Gasteiger charge is -2.39. The number of carbonyl (C=O) groups excluding carboxylic acids is 1. The number of anilines is 1. The highest BCUT2D eigenvalue weighted by molar-refractivity contribution is 6.06. The van der Waals surface area contributed by atoms with Gasteiger partial charge >= 0.3 is 0 Å². The third-order valence-electron chi connectivity index (χ3n) is 5.68. The van der Waals surface area contributed by atoms with Crippen molar-refractivity contribution in [1.29, 1.82) is 0 Å². The zero-order valence-electron chi connectivity index (χ0n) is 16.7. The fourth-order valence-corrected chi connectivity index (χ4v) is 4.25. The topological polar surface area (TPSA) is 51.0 Å². The number of aryl methyl sites for hydroxylation is 1. The summed E-state index contributed by atoms with van der Waals surface area (Å²) in [6.45, 7) is 2.00. The summed E-state index contributed by atoms with van der Waals surface area (Å²) in [5, 5.41) is 4.50. The molecule has 30 heavy (non-hydrogen) atoms. The van der Waals surface area contributed by atoms with E-state index in [-0.39, 0.29) is 18.0 Å². The first-order chi connectivity index (χ1) is 14.7. The molecule has 5 heteroatoms. The maximum atomic E-state index is 13.7. The fraction of sp³-hybridized carbons (Fsp3) is 0.160. The van der Waals surface area contributed by atoms with E-state index in [2.05, 4.69) is 34.3 Å². The molecule has 5 rings (SSSR count). The minimum Gasteiger partial charge on any atom is -0.269 e. The minimum atomic E-state index is -0.138. The molecule has 1 amide bonds. The van der Waals surface area contributed by atoms with Crippen molar-refractivity contribution in [2.24, 2.45) is 0 Å². The van der Waals surface area contributed by atoms with E-state index in [0.29, 0.717) is 11.5 Å². The van der Waals surface area contributed by atoms with Gasteiger partial charge in [-0.2, -0.15) is 10.1 Å². The Morgan fingerprint density at radius 3 is 2.20 bits per heavy atom. The Balaban J connectivity index is 1.65. The molecular formula is C25H22N4O. The van der Waals surface area contributed by atoms with Crippen LogP contribution in [0.3, 0.4) is 0 Å². The van der Waals surface area contributed by atoms with Crippen LogP contribution in [0.1, 0.15) is 45.6 Å². The summed E-state index contributed by atoms with van der Waals surface area (Å²) in [5.74, 6) is 0.517. The molecule has 1 aliphatic heterocycles. The summed E-state index contributed by atoms with van der Waals surface area (Å²) in [5.41, 5.74) is 3.96. The molecule has 0 N–H and O–H groups in total. The molecule has 4 aromatic rings. The first kappa shape index (κ1) is 18.3. The normalized spacial score (nSPS) is 18.1. The van der Waals surface area contributed by atoms with Crippen LogP contribution in [-0.4, -0.2) is 20.7 Å². The number of carbonyl (C=O) groups is 1. The van der Waals surface area contributed by atoms with Gasteiger partial charge in [-0.1, -0.05) is 78.4 Å². The van der Waals surface area contributed by atoms with Crippen molar-refractivity contribution < 1.29 is 4.79 Å². The summed E-state index contributed by atoms with van der Waals surface area (Å²) in [6.07, 6.45) is 2.26. The molecule has 5 nitrogen and oxygen atoms in total. The predicted octanol–water partition coefficient (Wildman–Crippen LogP) is 4.97. The number of nitrogens with zero attached hydrogens (tertiary/aromatic N) is 4. The second-order valence-electron chi connectivity index (χ2n) is 7.64. The van der Waals surface area contributed by atoms with Gasteiger partial charge in [0, 0.05) is 5.56 Å². The van der Waals surface area contributed by atoms with Gasteiger partial charge in [-0.3, -0.25) is 9.69 Å². The molecule has 0 spiro atoms. The van der Waals surface area contributed by atoms with Gasteiger partial charge in [-0.05, 0) is 36.6 Å². The van der Waals surface area contributed by atoms with Gasteiger partial charge in [0.15, 0.2) is 0 Å². The van der Waals surface area contributed by atoms with Gasteiger partial charge in [0.05, 0.1) is 12.1 Å². The summed E-state index contributed by atoms with van der Waals surface area (Å²) >= 11 is 0. The van der Waals surface area contributed by atoms with Gasteiger partial charge in [0.1, 0.15) is 6.33 Å². The fourth-order valence-electron chi connectivity index (χ4n) is 4.25. The van der Waals surface area contributed by atoms with Crippen LogP contribution in [0.25, 0.3) is 0 Å². The molecule has 148 valence electrons. The number of benzene rings is 3. The van der Waals surface area contributed by atoms with E-state index in [1.807, 2.05) is 72.3 Å². The number of fused-ring (bicyclic) bond motifs is 1. The largest absolute Gasteiger partial charge is 0.269 e. The quantitative estimate of drug-likeness (QED) is 0.493. The Morgan fingerprint density at radius 1 is 0.867 bits per heavy atom. The van der Waals surface area contributed by atoms with Crippen molar-refractivity contribution >= 4 is 11.9 Å². The number of hydrogen-bond acceptors (Lipinski definition) is 3. The third-order valence-corrected chi connectivity index (χ3v) is 5.68. The van der Waals surface area contributed by atoms with E-state index in [0.717, 1.165) is 23.1 Å². The van der Waals surface area contributed by atoms with Gasteiger partial charge in [-0.25, -0.2) is 4.68 Å². The summed E-state index contributed by atoms with van der Waals surface area (Å²) < 4.78 is 1.88. The highest BCUT2D eigenvalue weighted by atomic mass is 16.2. The first-order valence-electron chi connectivity index (χ1n) is 10.1. The van der Waals surface area contributed by atoms with Crippen LogP contribution in [0, 0.1) is 6.92 Å². The molecule has 2 heterocycles. The Kier molecular flexibility index (Phi) is 4.64. The van der Waals surface area contributed by atoms with Crippen molar-refractivity contribution in [2.45, 2.75) is 25.4 Å². The van der Waals surface area contributed by atoms with Crippen molar-refractivity contribution in [3.8, 4) is 0 Å². The van der Waals surface area contributed by atoms with E-state index < -0.39 is 0 Å². The number of hydrogen-bond donors (Lipinski definition) is 0. The van der Waals surface area contributed by atoms with Crippen LogP contribution in [0.2, 0.25) is 0 Å². The molecule has 0 bridgehead atoms. The summed E-state index contributed by atoms with van der Waals surface area (Å²) in [7, 11) is 0. The third kappa shape index (κ3) is 3.18. The molecule has 0 aliphatic carbocycles. The zero-order chi connectivity index (χ0) is 20.5. The molecule has 0 unspecified atom stereocenters. The highest BCUT2D eigenvalue weighted by Gasteiger charge is 2.39. The average molecular weight is 394 g/mol. The van der Waals surface area contributed by atoms with Gasteiger partial charge in [0.25, 0.3) is 5.91 Å². The van der Waals surface area contributed by atoms with Crippen LogP contribution in [0.4, 0.5) is 5.95 Å². The van der Waals surface area contributed by atoms with Crippen LogP contribution < -0.4 is 4.90 Å². The van der Waals surface area contributed by atoms with Crippen molar-refractivity contribution in [3.05, 3.63) is 114 Å². The smallest absolute Gasteiger partial charge is 0.261 e. The SMILES string of the molecule is Cc1cccc(C(=O)N2c3ncnn3[C@@H](c3ccccc3)C[C@@H]2c2ccccc2)c1. The number of rotatable bonds is 3. The van der Waals surface area contributed by atoms with Crippen molar-refractivity contribution in [3.63, 3.8) is 0 Å². The lowest BCUT2D eigenvalue weighted by molar-refractivity contribution is 0.0963. The Hall–Kier alpha value is -3.73. The second-order valence-corrected chi connectivity index (χ2v) is 7.64. The number of amides is 1. The number of aromatic nitrogens is 3. The molecule has 0 saturated carbocycles. The Labute approximate surface area is 175 Å². The predicted molar refractivity (Wildman–Crippen MR) is 116 cm³/mol. The molecule has 2 atom stereocenters. The second kappa shape index (κ2) is 7.59. The zero-order valence-corrected chi connectivity index (χ0v) is 16.7. The molecule has 3 aromatic carbocycles. The van der Waals surface area contributed by atoms with E-state index in [9.17, 15) is 4.79 Å². The summed E-state index contributed by atoms with van der Waals surface area (Å²) in [4.78, 5) is 20.0. The van der Waals surface area contributed by atoms with Crippen molar-refractivity contribution in [2.75, 3.05) is 4.90 Å². The molecule has 0 saturated heterocycles. The molecule has 0 radical (unpaired) electrons. The molecule has 0 fully saturated rings. The van der Waals surface area contributed by atoms with E-state index in [1.165, 1.54) is 6.33 Å². The molecular weight excluding hydrogens is 372 g/mol. The van der Waals surface area contributed by atoms with Crippen LogP contribution >= 0.6 is 0 Å². The van der Waals surface area contributed by atoms with Gasteiger partial charge in [0.2, 0.25) is 5.95 Å². The first-order valence-corrected chi connectivity index (χ1v) is 10.1. The van der Waals surface area contributed by atoms with E-state index in [1.54, 1.807) is 4.90 Å². The van der Waals surface area contributed by atoms with Crippen molar-refractivity contribution in [1.82, 2.24) is 14.8 Å². The molecule has 1 aromatic heterocycles. The van der Waals surface area contributed by atoms with Crippen LogP contribution in [0.5, 0.6) is 0 Å². The standard InChI is InChI=1S/C25H22N4O/c1-18-9-8-14-21(15-18)24(30)28-22(19-10-4-2-5-11-19)16-23(20-12-6-3-7-13-20)29-25(28)26-17-27-29/h2-15,17,22-23H,16H2,1H3/t22-,23-/m1/s1. The summed E-state index contributed by atoms with van der Waals surface area (Å²) in [6, 6.07) is 28.1. The van der Waals surface area contributed by atoms with Gasteiger partial charge < -0.3 is 0 Å². The maximum Gasteiger partial charge on any atom is 0.261 e. The minimum absolute atomic E-state index is 0.00969. The maximum absolute atomic E-state index is 13.7. The van der Waals surface area contributed by atoms with Crippen LogP contribution in [-0.2, 0) is 0 Å². The highest BCUT2D eigenvalue weighted by Crippen LogP contribution is 2.42. The Morgan fingerprint density at radius 2 is 1.53 bits per heavy atom. The lowest BCUT2D eigenvalue weighted by Crippen LogP contribution is -2.42. The lowest BCUT2D eigenvalue weighted by atomic mass is 9.91. The average Bonchev–Trinajstić information content (AvgIpc) is 3.28. The molecule has 1 aliphatic rings. The van der Waals surface area contributed by atoms with Crippen LogP contribution in [0.15, 0.2) is 91.3 Å². The van der Waals surface area contributed by atoms with E-state index >= 15 is 0 Å². The van der Waals surface area contributed by atoms with E-state index in [4.69, 9.17) is 0 Å². The van der Waals surface area contributed by atoms with Gasteiger partial charge in [-0.15, -0.1) is 0 Å².